The summed E-state index contributed by atoms with van der Waals surface area (Å²) in [5.74, 6) is -1.19. The SMILES string of the molecule is CCCCC/C=C\C/C=C\CCCCCCCCCC(=O)OC1C(OCC(NC(=O)C(O)CCCCCCCCCCCCCCC)C(O)/C=C/CCCCCCCCCCCCC)OC(CO)C(O)C1O. The lowest BCUT2D eigenvalue weighted by atomic mass is 9.99. The quantitative estimate of drug-likeness (QED) is 0.0195. The third-order valence-electron chi connectivity index (χ3n) is 14.3. The first-order valence-electron chi connectivity index (χ1n) is 30.3. The number of unbranched alkanes of at least 4 members (excludes halogenated alkanes) is 33. The van der Waals surface area contributed by atoms with Crippen LogP contribution in [0.2, 0.25) is 0 Å². The number of amides is 1. The van der Waals surface area contributed by atoms with Gasteiger partial charge in [-0.1, -0.05) is 250 Å². The highest BCUT2D eigenvalue weighted by atomic mass is 16.7. The van der Waals surface area contributed by atoms with Gasteiger partial charge in [-0.05, 0) is 57.8 Å². The first-order valence-corrected chi connectivity index (χ1v) is 30.3. The molecule has 0 aromatic heterocycles. The summed E-state index contributed by atoms with van der Waals surface area (Å²) >= 11 is 0. The maximum atomic E-state index is 13.4. The lowest BCUT2D eigenvalue weighted by Crippen LogP contribution is -2.61. The van der Waals surface area contributed by atoms with E-state index in [0.717, 1.165) is 77.0 Å². The molecule has 8 unspecified atom stereocenters. The molecule has 1 fully saturated rings. The van der Waals surface area contributed by atoms with Crippen molar-refractivity contribution in [3.63, 3.8) is 0 Å². The summed E-state index contributed by atoms with van der Waals surface area (Å²) in [7, 11) is 0. The second-order valence-corrected chi connectivity index (χ2v) is 21.1. The Morgan fingerprint density at radius 3 is 1.44 bits per heavy atom. The average molecular weight is 1020 g/mol. The lowest BCUT2D eigenvalue weighted by Gasteiger charge is -2.41. The minimum Gasteiger partial charge on any atom is -0.454 e. The van der Waals surface area contributed by atoms with Gasteiger partial charge in [-0.3, -0.25) is 9.59 Å². The van der Waals surface area contributed by atoms with Crippen LogP contribution in [-0.2, 0) is 23.8 Å². The number of hydrogen-bond acceptors (Lipinski definition) is 10. The molecule has 6 N–H and O–H groups in total. The number of esters is 1. The lowest BCUT2D eigenvalue weighted by molar-refractivity contribution is -0.305. The van der Waals surface area contributed by atoms with Gasteiger partial charge in [0.2, 0.25) is 5.91 Å². The molecule has 1 rings (SSSR count). The van der Waals surface area contributed by atoms with E-state index >= 15 is 0 Å². The molecule has 0 aliphatic carbocycles. The highest BCUT2D eigenvalue weighted by molar-refractivity contribution is 5.80. The van der Waals surface area contributed by atoms with Gasteiger partial charge < -0.3 is 45.1 Å². The van der Waals surface area contributed by atoms with E-state index in [1.807, 2.05) is 6.08 Å². The Balaban J connectivity index is 2.71. The Morgan fingerprint density at radius 1 is 0.542 bits per heavy atom. The standard InChI is InChI=1S/C61H113NO10/c1-4-7-10-13-16-19-22-25-26-27-28-31-34-37-40-43-46-49-56(66)72-59-58(68)57(67)55(50-63)71-61(59)70-51-52(53(64)47-44-41-38-35-32-29-23-20-17-14-11-8-5-2)62-60(69)54(65)48-45-42-39-36-33-30-24-21-18-15-12-9-6-3/h16,19,25-26,44,47,52-55,57-59,61,63-65,67-68H,4-15,17-18,20-24,27-43,45-46,48-51H2,1-3H3,(H,62,69)/b19-16-,26-25-,47-44+. The zero-order valence-corrected chi connectivity index (χ0v) is 46.6. The van der Waals surface area contributed by atoms with Crippen molar-refractivity contribution in [3.05, 3.63) is 36.5 Å². The number of carbonyl (C=O) groups excluding carboxylic acids is 2. The van der Waals surface area contributed by atoms with Gasteiger partial charge in [-0.15, -0.1) is 0 Å². The molecule has 0 saturated carbocycles. The number of rotatable bonds is 51. The molecule has 0 radical (unpaired) electrons. The maximum Gasteiger partial charge on any atom is 0.306 e. The fraction of sp³-hybridized carbons (Fsp3) is 0.869. The molecule has 0 spiro atoms. The third kappa shape index (κ3) is 37.6. The number of aliphatic hydroxyl groups excluding tert-OH is 5. The highest BCUT2D eigenvalue weighted by Crippen LogP contribution is 2.26. The Labute approximate surface area is 441 Å². The second-order valence-electron chi connectivity index (χ2n) is 21.1. The molecule has 0 bridgehead atoms. The predicted molar refractivity (Wildman–Crippen MR) is 297 cm³/mol. The van der Waals surface area contributed by atoms with E-state index in [4.69, 9.17) is 14.2 Å². The third-order valence-corrected chi connectivity index (χ3v) is 14.3. The maximum absolute atomic E-state index is 13.4. The molecular weight excluding hydrogens is 907 g/mol. The minimum atomic E-state index is -1.61. The van der Waals surface area contributed by atoms with E-state index in [-0.39, 0.29) is 13.0 Å². The molecule has 11 heteroatoms. The minimum absolute atomic E-state index is 0.117. The Hall–Kier alpha value is -2.12. The van der Waals surface area contributed by atoms with Crippen molar-refractivity contribution in [1.82, 2.24) is 5.32 Å². The normalized spacial score (nSPS) is 19.7. The van der Waals surface area contributed by atoms with Crippen LogP contribution in [0.1, 0.15) is 278 Å². The first kappa shape index (κ1) is 67.9. The van der Waals surface area contributed by atoms with Crippen LogP contribution in [0.3, 0.4) is 0 Å². The topological polar surface area (TPSA) is 175 Å². The van der Waals surface area contributed by atoms with Crippen molar-refractivity contribution in [2.45, 2.75) is 327 Å². The first-order chi connectivity index (χ1) is 35.2. The molecule has 1 saturated heterocycles. The molecule has 8 atom stereocenters. The van der Waals surface area contributed by atoms with E-state index < -0.39 is 67.4 Å². The second kappa shape index (κ2) is 49.7. The molecule has 72 heavy (non-hydrogen) atoms. The van der Waals surface area contributed by atoms with Crippen LogP contribution in [0.5, 0.6) is 0 Å². The van der Waals surface area contributed by atoms with Crippen LogP contribution in [0.25, 0.3) is 0 Å². The fourth-order valence-corrected chi connectivity index (χ4v) is 9.45. The molecule has 11 nitrogen and oxygen atoms in total. The van der Waals surface area contributed by atoms with E-state index in [0.29, 0.717) is 19.3 Å². The summed E-state index contributed by atoms with van der Waals surface area (Å²) in [5.41, 5.74) is 0. The van der Waals surface area contributed by atoms with Gasteiger partial charge in [0, 0.05) is 6.42 Å². The van der Waals surface area contributed by atoms with Gasteiger partial charge >= 0.3 is 5.97 Å². The predicted octanol–water partition coefficient (Wildman–Crippen LogP) is 13.9. The molecule has 1 aliphatic rings. The molecular formula is C61H113NO10. The van der Waals surface area contributed by atoms with Crippen LogP contribution in [-0.4, -0.2) is 99.6 Å². The number of nitrogens with one attached hydrogen (secondary N) is 1. The highest BCUT2D eigenvalue weighted by Gasteiger charge is 2.47. The van der Waals surface area contributed by atoms with Gasteiger partial charge in [0.1, 0.15) is 24.4 Å². The molecule has 422 valence electrons. The van der Waals surface area contributed by atoms with E-state index in [2.05, 4.69) is 50.4 Å². The Bertz CT molecular complexity index is 1310. The Kier molecular flexibility index (Phi) is 46.9. The molecule has 0 aromatic carbocycles. The summed E-state index contributed by atoms with van der Waals surface area (Å²) < 4.78 is 17.6. The van der Waals surface area contributed by atoms with Crippen molar-refractivity contribution < 1.29 is 49.3 Å². The summed E-state index contributed by atoms with van der Waals surface area (Å²) in [5, 5.41) is 56.9. The van der Waals surface area contributed by atoms with Gasteiger partial charge in [0.15, 0.2) is 12.4 Å². The van der Waals surface area contributed by atoms with E-state index in [9.17, 15) is 35.1 Å². The summed E-state index contributed by atoms with van der Waals surface area (Å²) in [4.78, 5) is 26.5. The molecule has 1 heterocycles. The Morgan fingerprint density at radius 2 is 0.958 bits per heavy atom. The number of allylic oxidation sites excluding steroid dienone is 5. The van der Waals surface area contributed by atoms with Gasteiger partial charge in [-0.25, -0.2) is 0 Å². The molecule has 1 amide bonds. The van der Waals surface area contributed by atoms with Crippen molar-refractivity contribution in [2.75, 3.05) is 13.2 Å². The summed E-state index contributed by atoms with van der Waals surface area (Å²) in [6.07, 6.45) is 47.5. The van der Waals surface area contributed by atoms with Gasteiger partial charge in [0.25, 0.3) is 0 Å². The number of hydrogen-bond donors (Lipinski definition) is 6. The van der Waals surface area contributed by atoms with Crippen molar-refractivity contribution in [3.8, 4) is 0 Å². The monoisotopic (exact) mass is 1020 g/mol. The number of ether oxygens (including phenoxy) is 3. The van der Waals surface area contributed by atoms with Crippen molar-refractivity contribution >= 4 is 11.9 Å². The zero-order valence-electron chi connectivity index (χ0n) is 46.6. The van der Waals surface area contributed by atoms with Crippen LogP contribution in [0.15, 0.2) is 36.5 Å². The number of carbonyl (C=O) groups is 2. The van der Waals surface area contributed by atoms with E-state index in [1.165, 1.54) is 154 Å². The van der Waals surface area contributed by atoms with Crippen molar-refractivity contribution in [1.29, 1.82) is 0 Å². The van der Waals surface area contributed by atoms with Crippen LogP contribution in [0, 0.1) is 0 Å². The summed E-state index contributed by atoms with van der Waals surface area (Å²) in [6.45, 7) is 5.77. The van der Waals surface area contributed by atoms with Crippen molar-refractivity contribution in [2.24, 2.45) is 0 Å². The average Bonchev–Trinajstić information content (AvgIpc) is 3.38. The van der Waals surface area contributed by atoms with Gasteiger partial charge in [0.05, 0.1) is 25.4 Å². The fourth-order valence-electron chi connectivity index (χ4n) is 9.45. The van der Waals surface area contributed by atoms with Crippen LogP contribution in [0.4, 0.5) is 0 Å². The molecule has 0 aromatic rings. The smallest absolute Gasteiger partial charge is 0.306 e. The summed E-state index contributed by atoms with van der Waals surface area (Å²) in [6, 6.07) is -1.02. The van der Waals surface area contributed by atoms with Gasteiger partial charge in [-0.2, -0.15) is 0 Å². The largest absolute Gasteiger partial charge is 0.454 e. The van der Waals surface area contributed by atoms with E-state index in [1.54, 1.807) is 6.08 Å². The number of aliphatic hydroxyl groups is 5. The van der Waals surface area contributed by atoms with Crippen LogP contribution >= 0.6 is 0 Å². The molecule has 1 aliphatic heterocycles. The zero-order chi connectivity index (χ0) is 52.5. The van der Waals surface area contributed by atoms with Crippen LogP contribution < -0.4 is 5.32 Å².